The molecule has 1 N–H and O–H groups in total. The number of hydrogen-bond acceptors (Lipinski definition) is 1. The number of carboxylic acid groups (broad SMARTS) is 1. The largest absolute Gasteiger partial charge is 0.481 e. The van der Waals surface area contributed by atoms with Crippen molar-refractivity contribution in [2.45, 2.75) is 57.3 Å². The minimum Gasteiger partial charge on any atom is -0.481 e. The van der Waals surface area contributed by atoms with E-state index in [0.717, 1.165) is 24.0 Å². The van der Waals surface area contributed by atoms with Crippen LogP contribution in [0.25, 0.3) is 0 Å². The van der Waals surface area contributed by atoms with Gasteiger partial charge in [-0.15, -0.1) is 0 Å². The van der Waals surface area contributed by atoms with E-state index in [-0.39, 0.29) is 0 Å². The fourth-order valence-electron chi connectivity index (χ4n) is 4.31. The van der Waals surface area contributed by atoms with Crippen molar-refractivity contribution in [2.24, 2.45) is 5.41 Å². The number of aryl methyl sites for hydroxylation is 1. The second kappa shape index (κ2) is 4.36. The molecule has 0 unspecified atom stereocenters. The fraction of sp³-hybridized carbons (Fsp3) is 0.588. The molecule has 1 aromatic carbocycles. The van der Waals surface area contributed by atoms with Crippen molar-refractivity contribution < 1.29 is 9.90 Å². The highest BCUT2D eigenvalue weighted by molar-refractivity contribution is 5.83. The maximum Gasteiger partial charge on any atom is 0.314 e. The zero-order chi connectivity index (χ0) is 13.5. The van der Waals surface area contributed by atoms with Gasteiger partial charge in [-0.1, -0.05) is 49.1 Å². The summed E-state index contributed by atoms with van der Waals surface area (Å²) in [5, 5.41) is 9.74. The highest BCUT2D eigenvalue weighted by atomic mass is 16.4. The van der Waals surface area contributed by atoms with Gasteiger partial charge in [0.1, 0.15) is 0 Å². The monoisotopic (exact) mass is 258 g/mol. The summed E-state index contributed by atoms with van der Waals surface area (Å²) in [6.07, 6.45) is 8.04. The van der Waals surface area contributed by atoms with Gasteiger partial charge in [0.25, 0.3) is 0 Å². The Hall–Kier alpha value is -1.31. The van der Waals surface area contributed by atoms with Crippen LogP contribution in [-0.2, 0) is 10.2 Å². The lowest BCUT2D eigenvalue weighted by Gasteiger charge is -2.56. The number of rotatable bonds is 2. The molecule has 2 heteroatoms. The van der Waals surface area contributed by atoms with Crippen molar-refractivity contribution in [2.75, 3.05) is 0 Å². The molecule has 2 aliphatic rings. The first-order chi connectivity index (χ1) is 9.06. The third kappa shape index (κ3) is 1.98. The van der Waals surface area contributed by atoms with E-state index in [1.54, 1.807) is 0 Å². The van der Waals surface area contributed by atoms with Crippen LogP contribution in [-0.4, -0.2) is 11.1 Å². The van der Waals surface area contributed by atoms with Crippen molar-refractivity contribution >= 4 is 5.97 Å². The molecule has 1 aromatic rings. The van der Waals surface area contributed by atoms with Gasteiger partial charge in [0.15, 0.2) is 0 Å². The van der Waals surface area contributed by atoms with Gasteiger partial charge in [-0.2, -0.15) is 0 Å². The minimum atomic E-state index is -0.630. The van der Waals surface area contributed by atoms with Crippen LogP contribution >= 0.6 is 0 Å². The Morgan fingerprint density at radius 3 is 2.42 bits per heavy atom. The van der Waals surface area contributed by atoms with Gasteiger partial charge in [0, 0.05) is 0 Å². The minimum absolute atomic E-state index is 0.334. The highest BCUT2D eigenvalue weighted by Gasteiger charge is 2.59. The average Bonchev–Trinajstić information content (AvgIpc) is 2.36. The van der Waals surface area contributed by atoms with E-state index in [2.05, 4.69) is 6.07 Å². The van der Waals surface area contributed by atoms with E-state index in [4.69, 9.17) is 0 Å². The molecule has 0 radical (unpaired) electrons. The second-order valence-electron chi connectivity index (χ2n) is 6.67. The van der Waals surface area contributed by atoms with E-state index >= 15 is 0 Å². The standard InChI is InChI=1S/C17H22O2/c1-13-6-5-7-14(10-13)17(15(18)19)11-16(12-17)8-3-2-4-9-16/h5-7,10H,2-4,8-9,11-12H2,1H3,(H,18,19). The van der Waals surface area contributed by atoms with Gasteiger partial charge in [-0.3, -0.25) is 4.79 Å². The average molecular weight is 258 g/mol. The summed E-state index contributed by atoms with van der Waals surface area (Å²) in [4.78, 5) is 11.8. The molecule has 0 amide bonds. The quantitative estimate of drug-likeness (QED) is 0.868. The van der Waals surface area contributed by atoms with Crippen LogP contribution in [0.3, 0.4) is 0 Å². The third-order valence-corrected chi connectivity index (χ3v) is 5.25. The Kier molecular flexibility index (Phi) is 2.92. The maximum absolute atomic E-state index is 11.8. The van der Waals surface area contributed by atoms with Gasteiger partial charge in [-0.05, 0) is 43.6 Å². The molecule has 3 rings (SSSR count). The Morgan fingerprint density at radius 2 is 1.84 bits per heavy atom. The zero-order valence-corrected chi connectivity index (χ0v) is 11.6. The fourth-order valence-corrected chi connectivity index (χ4v) is 4.31. The van der Waals surface area contributed by atoms with E-state index in [1.807, 2.05) is 25.1 Å². The van der Waals surface area contributed by atoms with Crippen LogP contribution in [0.15, 0.2) is 24.3 Å². The summed E-state index contributed by atoms with van der Waals surface area (Å²) in [5.41, 5.74) is 1.89. The summed E-state index contributed by atoms with van der Waals surface area (Å²) < 4.78 is 0. The lowest BCUT2D eigenvalue weighted by atomic mass is 9.46. The first kappa shape index (κ1) is 12.7. The molecule has 0 aliphatic heterocycles. The predicted molar refractivity (Wildman–Crippen MR) is 75.2 cm³/mol. The van der Waals surface area contributed by atoms with Gasteiger partial charge < -0.3 is 5.11 Å². The second-order valence-corrected chi connectivity index (χ2v) is 6.67. The molecule has 19 heavy (non-hydrogen) atoms. The van der Waals surface area contributed by atoms with E-state index in [1.165, 1.54) is 32.1 Å². The Morgan fingerprint density at radius 1 is 1.16 bits per heavy atom. The molecule has 0 atom stereocenters. The topological polar surface area (TPSA) is 37.3 Å². The molecule has 102 valence electrons. The first-order valence-corrected chi connectivity index (χ1v) is 7.37. The van der Waals surface area contributed by atoms with Crippen molar-refractivity contribution in [1.29, 1.82) is 0 Å². The van der Waals surface area contributed by atoms with Crippen LogP contribution in [0.5, 0.6) is 0 Å². The number of benzene rings is 1. The van der Waals surface area contributed by atoms with Gasteiger partial charge in [0.05, 0.1) is 5.41 Å². The number of carbonyl (C=O) groups is 1. The van der Waals surface area contributed by atoms with E-state index < -0.39 is 11.4 Å². The van der Waals surface area contributed by atoms with Crippen molar-refractivity contribution in [3.8, 4) is 0 Å². The smallest absolute Gasteiger partial charge is 0.314 e. The van der Waals surface area contributed by atoms with Crippen LogP contribution in [0.2, 0.25) is 0 Å². The van der Waals surface area contributed by atoms with Gasteiger partial charge in [-0.25, -0.2) is 0 Å². The normalized spacial score (nSPS) is 23.8. The third-order valence-electron chi connectivity index (χ3n) is 5.25. The van der Waals surface area contributed by atoms with Gasteiger partial charge in [0.2, 0.25) is 0 Å². The molecule has 0 heterocycles. The van der Waals surface area contributed by atoms with Crippen molar-refractivity contribution in [3.63, 3.8) is 0 Å². The highest BCUT2D eigenvalue weighted by Crippen LogP contribution is 2.62. The molecule has 0 aromatic heterocycles. The van der Waals surface area contributed by atoms with Gasteiger partial charge >= 0.3 is 5.97 Å². The van der Waals surface area contributed by atoms with Crippen molar-refractivity contribution in [3.05, 3.63) is 35.4 Å². The molecule has 2 fully saturated rings. The lowest BCUT2D eigenvalue weighted by molar-refractivity contribution is -0.156. The summed E-state index contributed by atoms with van der Waals surface area (Å²) in [6.45, 7) is 2.04. The van der Waals surface area contributed by atoms with E-state index in [9.17, 15) is 9.90 Å². The van der Waals surface area contributed by atoms with Crippen LogP contribution < -0.4 is 0 Å². The summed E-state index contributed by atoms with van der Waals surface area (Å²) >= 11 is 0. The molecule has 1 spiro atoms. The molecule has 2 saturated carbocycles. The maximum atomic E-state index is 11.8. The number of carboxylic acids is 1. The SMILES string of the molecule is Cc1cccc(C2(C(=O)O)CC3(CCCCC3)C2)c1. The van der Waals surface area contributed by atoms with E-state index in [0.29, 0.717) is 5.41 Å². The summed E-state index contributed by atoms with van der Waals surface area (Å²) in [6, 6.07) is 8.08. The van der Waals surface area contributed by atoms with Crippen LogP contribution in [0.4, 0.5) is 0 Å². The Bertz CT molecular complexity index is 490. The van der Waals surface area contributed by atoms with Crippen LogP contribution in [0, 0.1) is 12.3 Å². The number of aliphatic carboxylic acids is 1. The Balaban J connectivity index is 1.89. The van der Waals surface area contributed by atoms with Crippen LogP contribution in [0.1, 0.15) is 56.1 Å². The number of hydrogen-bond donors (Lipinski definition) is 1. The summed E-state index contributed by atoms with van der Waals surface area (Å²) in [7, 11) is 0. The molecule has 2 aliphatic carbocycles. The lowest BCUT2D eigenvalue weighted by Crippen LogP contribution is -2.55. The van der Waals surface area contributed by atoms with Crippen molar-refractivity contribution in [1.82, 2.24) is 0 Å². The summed E-state index contributed by atoms with van der Waals surface area (Å²) in [5.74, 6) is -0.630. The predicted octanol–water partition coefficient (Wildman–Crippen LogP) is 4.06. The Labute approximate surface area is 114 Å². The molecule has 0 saturated heterocycles. The molecular weight excluding hydrogens is 236 g/mol. The zero-order valence-electron chi connectivity index (χ0n) is 11.6. The molecule has 2 nitrogen and oxygen atoms in total. The molecule has 0 bridgehead atoms. The first-order valence-electron chi connectivity index (χ1n) is 7.37. The molecular formula is C17H22O2.